The molecule has 0 aliphatic rings. The summed E-state index contributed by atoms with van der Waals surface area (Å²) in [5.74, 6) is -0.281. The fourth-order valence-corrected chi connectivity index (χ4v) is 1.70. The number of nitrogen functional groups attached to an aromatic ring is 1. The van der Waals surface area contributed by atoms with E-state index in [-0.39, 0.29) is 11.8 Å². The molecule has 0 aliphatic heterocycles. The van der Waals surface area contributed by atoms with Gasteiger partial charge in [0, 0.05) is 26.3 Å². The Morgan fingerprint density at radius 1 is 1.71 bits per heavy atom. The van der Waals surface area contributed by atoms with Gasteiger partial charge in [-0.3, -0.25) is 4.79 Å². The summed E-state index contributed by atoms with van der Waals surface area (Å²) in [7, 11) is 1.69. The Morgan fingerprint density at radius 3 is 2.88 bits per heavy atom. The van der Waals surface area contributed by atoms with Crippen LogP contribution in [-0.4, -0.2) is 29.0 Å². The van der Waals surface area contributed by atoms with Gasteiger partial charge in [-0.25, -0.2) is 0 Å². The highest BCUT2D eigenvalue weighted by atomic mass is 16.2. The van der Waals surface area contributed by atoms with E-state index in [1.54, 1.807) is 31.1 Å². The zero-order valence-corrected chi connectivity index (χ0v) is 10.5. The number of rotatable bonds is 4. The maximum atomic E-state index is 12.1. The first-order valence-corrected chi connectivity index (χ1v) is 5.60. The predicted molar refractivity (Wildman–Crippen MR) is 66.3 cm³/mol. The Morgan fingerprint density at radius 2 is 2.35 bits per heavy atom. The van der Waals surface area contributed by atoms with Crippen LogP contribution in [0.2, 0.25) is 0 Å². The van der Waals surface area contributed by atoms with Gasteiger partial charge in [0.1, 0.15) is 5.69 Å². The molecule has 5 nitrogen and oxygen atoms in total. The summed E-state index contributed by atoms with van der Waals surface area (Å²) in [6, 6.07) is 3.78. The number of hydrogen-bond acceptors (Lipinski definition) is 3. The lowest BCUT2D eigenvalue weighted by Gasteiger charge is -2.18. The van der Waals surface area contributed by atoms with Crippen molar-refractivity contribution in [1.29, 1.82) is 5.26 Å². The molecular weight excluding hydrogens is 216 g/mol. The van der Waals surface area contributed by atoms with E-state index < -0.39 is 0 Å². The number of aryl methyl sites for hydroxylation is 1. The van der Waals surface area contributed by atoms with Crippen LogP contribution in [0, 0.1) is 17.2 Å². The number of hydrogen-bond donors (Lipinski definition) is 1. The largest absolute Gasteiger partial charge is 0.397 e. The van der Waals surface area contributed by atoms with Crippen molar-refractivity contribution in [2.75, 3.05) is 19.3 Å². The van der Waals surface area contributed by atoms with Gasteiger partial charge in [0.05, 0.1) is 17.7 Å². The summed E-state index contributed by atoms with van der Waals surface area (Å²) in [6.45, 7) is 4.86. The lowest BCUT2D eigenvalue weighted by atomic mass is 10.2. The molecule has 0 bridgehead atoms. The van der Waals surface area contributed by atoms with Crippen molar-refractivity contribution >= 4 is 11.6 Å². The van der Waals surface area contributed by atoms with Crippen molar-refractivity contribution in [3.8, 4) is 6.07 Å². The molecule has 1 heterocycles. The van der Waals surface area contributed by atoms with E-state index in [1.807, 2.05) is 11.5 Å². The van der Waals surface area contributed by atoms with Gasteiger partial charge in [0.2, 0.25) is 0 Å². The quantitative estimate of drug-likeness (QED) is 0.853. The van der Waals surface area contributed by atoms with Crippen LogP contribution in [0.3, 0.4) is 0 Å². The number of amides is 1. The molecule has 2 N–H and O–H groups in total. The molecule has 0 saturated carbocycles. The van der Waals surface area contributed by atoms with E-state index in [0.717, 1.165) is 0 Å². The first-order valence-electron chi connectivity index (χ1n) is 5.60. The van der Waals surface area contributed by atoms with E-state index in [1.165, 1.54) is 0 Å². The van der Waals surface area contributed by atoms with Crippen LogP contribution in [0.15, 0.2) is 12.3 Å². The Bertz CT molecular complexity index is 444. The second kappa shape index (κ2) is 5.39. The van der Waals surface area contributed by atoms with Crippen LogP contribution in [0.25, 0.3) is 0 Å². The molecule has 1 atom stereocenters. The minimum Gasteiger partial charge on any atom is -0.397 e. The average Bonchev–Trinajstić information content (AvgIpc) is 2.69. The number of nitriles is 1. The lowest BCUT2D eigenvalue weighted by molar-refractivity contribution is 0.0774. The first-order chi connectivity index (χ1) is 7.99. The number of nitrogens with two attached hydrogens (primary N) is 1. The van der Waals surface area contributed by atoms with E-state index >= 15 is 0 Å². The molecular formula is C12H18N4O. The molecule has 0 spiro atoms. The Hall–Kier alpha value is -1.96. The first kappa shape index (κ1) is 13.1. The van der Waals surface area contributed by atoms with Crippen LogP contribution < -0.4 is 5.73 Å². The number of carbonyl (C=O) groups is 1. The van der Waals surface area contributed by atoms with Gasteiger partial charge < -0.3 is 15.2 Å². The summed E-state index contributed by atoms with van der Waals surface area (Å²) >= 11 is 0. The summed E-state index contributed by atoms with van der Waals surface area (Å²) in [5.41, 5.74) is 6.82. The average molecular weight is 234 g/mol. The van der Waals surface area contributed by atoms with Crippen molar-refractivity contribution in [3.05, 3.63) is 18.0 Å². The lowest BCUT2D eigenvalue weighted by Crippen LogP contribution is -2.32. The van der Waals surface area contributed by atoms with E-state index in [0.29, 0.717) is 24.5 Å². The molecule has 0 radical (unpaired) electrons. The maximum absolute atomic E-state index is 12.1. The number of carbonyl (C=O) groups excluding carboxylic acids is 1. The molecule has 5 heteroatoms. The molecule has 0 aromatic carbocycles. The molecule has 17 heavy (non-hydrogen) atoms. The van der Waals surface area contributed by atoms with Gasteiger partial charge in [-0.15, -0.1) is 0 Å². The van der Waals surface area contributed by atoms with Crippen molar-refractivity contribution in [1.82, 2.24) is 9.47 Å². The molecule has 1 aromatic rings. The second-order valence-electron chi connectivity index (χ2n) is 4.16. The highest BCUT2D eigenvalue weighted by Crippen LogP contribution is 2.13. The van der Waals surface area contributed by atoms with Crippen LogP contribution >= 0.6 is 0 Å². The zero-order chi connectivity index (χ0) is 13.0. The molecule has 0 saturated heterocycles. The van der Waals surface area contributed by atoms with Gasteiger partial charge >= 0.3 is 0 Å². The Labute approximate surface area is 101 Å². The minimum atomic E-state index is -0.175. The van der Waals surface area contributed by atoms with E-state index in [2.05, 4.69) is 6.07 Å². The topological polar surface area (TPSA) is 75.0 Å². The van der Waals surface area contributed by atoms with Gasteiger partial charge in [-0.2, -0.15) is 5.26 Å². The number of aromatic nitrogens is 1. The molecule has 1 amide bonds. The van der Waals surface area contributed by atoms with Crippen molar-refractivity contribution in [3.63, 3.8) is 0 Å². The molecule has 0 fully saturated rings. The van der Waals surface area contributed by atoms with Crippen molar-refractivity contribution in [2.24, 2.45) is 5.92 Å². The number of anilines is 1. The summed E-state index contributed by atoms with van der Waals surface area (Å²) in [4.78, 5) is 13.7. The number of nitrogens with zero attached hydrogens (tertiary/aromatic N) is 3. The summed E-state index contributed by atoms with van der Waals surface area (Å²) < 4.78 is 1.81. The van der Waals surface area contributed by atoms with Gasteiger partial charge in [0.15, 0.2) is 0 Å². The van der Waals surface area contributed by atoms with Crippen LogP contribution in [-0.2, 0) is 6.54 Å². The third kappa shape index (κ3) is 3.00. The van der Waals surface area contributed by atoms with E-state index in [4.69, 9.17) is 11.0 Å². The van der Waals surface area contributed by atoms with Gasteiger partial charge in [-0.05, 0) is 19.9 Å². The molecule has 1 aromatic heterocycles. The molecule has 0 aliphatic carbocycles. The highest BCUT2D eigenvalue weighted by molar-refractivity contribution is 5.93. The third-order valence-corrected chi connectivity index (χ3v) is 2.59. The van der Waals surface area contributed by atoms with Gasteiger partial charge in [0.25, 0.3) is 5.91 Å². The monoisotopic (exact) mass is 234 g/mol. The molecule has 1 unspecified atom stereocenters. The van der Waals surface area contributed by atoms with Crippen LogP contribution in [0.1, 0.15) is 24.3 Å². The smallest absolute Gasteiger partial charge is 0.270 e. The minimum absolute atomic E-state index is 0.106. The Kier molecular flexibility index (Phi) is 4.16. The second-order valence-corrected chi connectivity index (χ2v) is 4.16. The normalized spacial score (nSPS) is 11.9. The standard InChI is InChI=1S/C12H18N4O/c1-4-16-8-10(14)5-11(16)12(17)15(3)7-9(2)6-13/h5,8-9H,4,7,14H2,1-3H3. The summed E-state index contributed by atoms with van der Waals surface area (Å²) in [6.07, 6.45) is 1.74. The highest BCUT2D eigenvalue weighted by Gasteiger charge is 2.18. The fraction of sp³-hybridized carbons (Fsp3) is 0.500. The zero-order valence-electron chi connectivity index (χ0n) is 10.5. The van der Waals surface area contributed by atoms with E-state index in [9.17, 15) is 4.79 Å². The predicted octanol–water partition coefficient (Wildman–Crippen LogP) is 1.32. The van der Waals surface area contributed by atoms with Crippen molar-refractivity contribution < 1.29 is 4.79 Å². The molecule has 92 valence electrons. The third-order valence-electron chi connectivity index (χ3n) is 2.59. The SMILES string of the molecule is CCn1cc(N)cc1C(=O)N(C)CC(C)C#N. The van der Waals surface area contributed by atoms with Crippen LogP contribution in [0.4, 0.5) is 5.69 Å². The Balaban J connectivity index is 2.85. The summed E-state index contributed by atoms with van der Waals surface area (Å²) in [5, 5.41) is 8.73. The maximum Gasteiger partial charge on any atom is 0.270 e. The van der Waals surface area contributed by atoms with Crippen LogP contribution in [0.5, 0.6) is 0 Å². The molecule has 1 rings (SSSR count). The fourth-order valence-electron chi connectivity index (χ4n) is 1.70. The van der Waals surface area contributed by atoms with Gasteiger partial charge in [-0.1, -0.05) is 0 Å². The van der Waals surface area contributed by atoms with Crippen molar-refractivity contribution in [2.45, 2.75) is 20.4 Å².